The van der Waals surface area contributed by atoms with Crippen LogP contribution < -0.4 is 14.4 Å². The molecule has 1 fully saturated rings. The van der Waals surface area contributed by atoms with Crippen LogP contribution in [0, 0.1) is 13.8 Å². The highest BCUT2D eigenvalue weighted by atomic mass is 79.9. The molecule has 4 rings (SSSR count). The first-order valence-electron chi connectivity index (χ1n) is 10.3. The summed E-state index contributed by atoms with van der Waals surface area (Å²) in [6.07, 6.45) is 1.19. The lowest BCUT2D eigenvalue weighted by Gasteiger charge is -2.26. The average Bonchev–Trinajstić information content (AvgIpc) is 2.79. The van der Waals surface area contributed by atoms with Gasteiger partial charge in [-0.25, -0.2) is 9.69 Å². The molecule has 1 N–H and O–H groups in total. The first kappa shape index (κ1) is 24.4. The van der Waals surface area contributed by atoms with Gasteiger partial charge in [0.25, 0.3) is 11.8 Å². The predicted molar refractivity (Wildman–Crippen MR) is 133 cm³/mol. The number of aryl methyl sites for hydroxylation is 2. The van der Waals surface area contributed by atoms with Gasteiger partial charge in [0.2, 0.25) is 0 Å². The van der Waals surface area contributed by atoms with Crippen LogP contribution in [0.15, 0.2) is 81.7 Å². The number of carbonyl (C=O) groups is 3. The number of halogens is 1. The number of rotatable bonds is 5. The topological polar surface area (TPSA) is 110 Å². The second-order valence-corrected chi connectivity index (χ2v) is 10.3. The van der Waals surface area contributed by atoms with Gasteiger partial charge >= 0.3 is 16.1 Å². The third-order valence-corrected chi connectivity index (χ3v) is 6.92. The molecule has 3 aromatic carbocycles. The fourth-order valence-electron chi connectivity index (χ4n) is 3.32. The van der Waals surface area contributed by atoms with Crippen molar-refractivity contribution >= 4 is 55.7 Å². The maximum atomic E-state index is 13.2. The quantitative estimate of drug-likeness (QED) is 0.282. The first-order valence-corrected chi connectivity index (χ1v) is 12.5. The standard InChI is InChI=1S/C25H19BrN2O6S/c1-15-3-8-19(9-4-15)28-24(30)21(23(29)27-25(28)31)14-17-13-18(26)7-12-22(17)34-35(32,33)20-10-5-16(2)6-11-20/h3-14H,1-2H3,(H,27,29,31)/b21-14+. The maximum absolute atomic E-state index is 13.2. The highest BCUT2D eigenvalue weighted by Gasteiger charge is 2.37. The Morgan fingerprint density at radius 2 is 1.49 bits per heavy atom. The zero-order valence-electron chi connectivity index (χ0n) is 18.6. The molecular weight excluding hydrogens is 536 g/mol. The zero-order valence-corrected chi connectivity index (χ0v) is 21.0. The number of anilines is 1. The molecule has 0 unspecified atom stereocenters. The highest BCUT2D eigenvalue weighted by molar-refractivity contribution is 9.10. The number of nitrogens with zero attached hydrogens (tertiary/aromatic N) is 1. The molecule has 8 nitrogen and oxygen atoms in total. The minimum absolute atomic E-state index is 0.0488. The summed E-state index contributed by atoms with van der Waals surface area (Å²) < 4.78 is 31.6. The van der Waals surface area contributed by atoms with Crippen molar-refractivity contribution < 1.29 is 27.0 Å². The van der Waals surface area contributed by atoms with E-state index in [0.717, 1.165) is 16.0 Å². The Bertz CT molecular complexity index is 1480. The molecule has 0 atom stereocenters. The minimum atomic E-state index is -4.19. The van der Waals surface area contributed by atoms with Gasteiger partial charge in [0.1, 0.15) is 16.2 Å². The number of nitrogens with one attached hydrogen (secondary N) is 1. The maximum Gasteiger partial charge on any atom is 0.339 e. The molecule has 1 heterocycles. The van der Waals surface area contributed by atoms with E-state index >= 15 is 0 Å². The number of urea groups is 1. The van der Waals surface area contributed by atoms with Crippen molar-refractivity contribution in [3.8, 4) is 5.75 Å². The molecule has 35 heavy (non-hydrogen) atoms. The Labute approximate surface area is 210 Å². The summed E-state index contributed by atoms with van der Waals surface area (Å²) in [5, 5.41) is 2.14. The molecule has 1 saturated heterocycles. The van der Waals surface area contributed by atoms with E-state index in [2.05, 4.69) is 21.2 Å². The van der Waals surface area contributed by atoms with E-state index in [-0.39, 0.29) is 27.5 Å². The molecule has 1 aliphatic rings. The van der Waals surface area contributed by atoms with E-state index in [1.807, 2.05) is 13.8 Å². The third kappa shape index (κ3) is 5.18. The minimum Gasteiger partial charge on any atom is -0.378 e. The molecule has 0 spiro atoms. The fraction of sp³-hybridized carbons (Fsp3) is 0.0800. The molecule has 0 aliphatic carbocycles. The summed E-state index contributed by atoms with van der Waals surface area (Å²) in [6.45, 7) is 3.68. The molecule has 4 amide bonds. The van der Waals surface area contributed by atoms with Crippen molar-refractivity contribution in [2.24, 2.45) is 0 Å². The summed E-state index contributed by atoms with van der Waals surface area (Å²) in [6, 6.07) is 16.3. The van der Waals surface area contributed by atoms with E-state index < -0.39 is 28.0 Å². The van der Waals surface area contributed by atoms with Gasteiger partial charge in [-0.3, -0.25) is 14.9 Å². The predicted octanol–water partition coefficient (Wildman–Crippen LogP) is 4.50. The molecule has 0 aromatic heterocycles. The van der Waals surface area contributed by atoms with Crippen LogP contribution in [-0.2, 0) is 19.7 Å². The molecule has 0 bridgehead atoms. The normalized spacial score (nSPS) is 15.3. The number of hydrogen-bond donors (Lipinski definition) is 1. The van der Waals surface area contributed by atoms with Crippen LogP contribution in [0.5, 0.6) is 5.75 Å². The number of barbiturate groups is 1. The second-order valence-electron chi connectivity index (χ2n) is 7.83. The number of carbonyl (C=O) groups excluding carboxylic acids is 3. The van der Waals surface area contributed by atoms with Gasteiger partial charge in [-0.2, -0.15) is 8.42 Å². The Morgan fingerprint density at radius 1 is 0.886 bits per heavy atom. The van der Waals surface area contributed by atoms with E-state index in [0.29, 0.717) is 4.47 Å². The van der Waals surface area contributed by atoms with Gasteiger partial charge in [0.05, 0.1) is 5.69 Å². The van der Waals surface area contributed by atoms with Crippen LogP contribution in [0.1, 0.15) is 16.7 Å². The number of hydrogen-bond acceptors (Lipinski definition) is 6. The molecular formula is C25H19BrN2O6S. The van der Waals surface area contributed by atoms with E-state index in [1.165, 1.54) is 30.3 Å². The molecule has 1 aliphatic heterocycles. The van der Waals surface area contributed by atoms with Crippen molar-refractivity contribution in [3.63, 3.8) is 0 Å². The molecule has 3 aromatic rings. The molecule has 178 valence electrons. The van der Waals surface area contributed by atoms with Crippen molar-refractivity contribution in [1.29, 1.82) is 0 Å². The second kappa shape index (κ2) is 9.47. The number of benzene rings is 3. The summed E-state index contributed by atoms with van der Waals surface area (Å²) in [7, 11) is -4.19. The van der Waals surface area contributed by atoms with Crippen LogP contribution >= 0.6 is 15.9 Å². The number of amides is 4. The number of imide groups is 2. The van der Waals surface area contributed by atoms with Gasteiger partial charge in [0.15, 0.2) is 0 Å². The Balaban J connectivity index is 1.74. The van der Waals surface area contributed by atoms with Crippen molar-refractivity contribution in [2.75, 3.05) is 4.90 Å². The van der Waals surface area contributed by atoms with E-state index in [1.54, 1.807) is 42.5 Å². The van der Waals surface area contributed by atoms with Gasteiger partial charge in [-0.15, -0.1) is 0 Å². The molecule has 0 saturated carbocycles. The van der Waals surface area contributed by atoms with Gasteiger partial charge < -0.3 is 4.18 Å². The fourth-order valence-corrected chi connectivity index (χ4v) is 4.65. The van der Waals surface area contributed by atoms with Crippen molar-refractivity contribution in [1.82, 2.24) is 5.32 Å². The average molecular weight is 555 g/mol. The van der Waals surface area contributed by atoms with Gasteiger partial charge in [0, 0.05) is 10.0 Å². The first-order chi connectivity index (χ1) is 16.5. The van der Waals surface area contributed by atoms with Crippen LogP contribution in [0.4, 0.5) is 10.5 Å². The third-order valence-electron chi connectivity index (χ3n) is 5.17. The summed E-state index contributed by atoms with van der Waals surface area (Å²) in [5.74, 6) is -1.86. The lowest BCUT2D eigenvalue weighted by molar-refractivity contribution is -0.122. The lowest BCUT2D eigenvalue weighted by Crippen LogP contribution is -2.54. The highest BCUT2D eigenvalue weighted by Crippen LogP contribution is 2.30. The van der Waals surface area contributed by atoms with Crippen molar-refractivity contribution in [3.05, 3.63) is 93.5 Å². The van der Waals surface area contributed by atoms with E-state index in [4.69, 9.17) is 4.18 Å². The van der Waals surface area contributed by atoms with Crippen molar-refractivity contribution in [2.45, 2.75) is 18.7 Å². The Kier molecular flexibility index (Phi) is 6.60. The zero-order chi connectivity index (χ0) is 25.3. The Hall–Kier alpha value is -3.76. The lowest BCUT2D eigenvalue weighted by atomic mass is 10.1. The van der Waals surface area contributed by atoms with Gasteiger partial charge in [-0.05, 0) is 62.4 Å². The van der Waals surface area contributed by atoms with Crippen LogP contribution in [0.3, 0.4) is 0 Å². The van der Waals surface area contributed by atoms with Crippen LogP contribution in [-0.4, -0.2) is 26.3 Å². The van der Waals surface area contributed by atoms with Gasteiger partial charge in [-0.1, -0.05) is 51.3 Å². The molecule has 10 heteroatoms. The summed E-state index contributed by atoms with van der Waals surface area (Å²) in [4.78, 5) is 39.0. The smallest absolute Gasteiger partial charge is 0.339 e. The largest absolute Gasteiger partial charge is 0.378 e. The summed E-state index contributed by atoms with van der Waals surface area (Å²) >= 11 is 3.30. The Morgan fingerprint density at radius 3 is 2.11 bits per heavy atom. The summed E-state index contributed by atoms with van der Waals surface area (Å²) in [5.41, 5.74) is 1.88. The van der Waals surface area contributed by atoms with Crippen LogP contribution in [0.25, 0.3) is 6.08 Å². The monoisotopic (exact) mass is 554 g/mol. The molecule has 0 radical (unpaired) electrons. The van der Waals surface area contributed by atoms with E-state index in [9.17, 15) is 22.8 Å². The van der Waals surface area contributed by atoms with Crippen LogP contribution in [0.2, 0.25) is 0 Å². The SMILES string of the molecule is Cc1ccc(N2C(=O)NC(=O)/C(=C\c3cc(Br)ccc3OS(=O)(=O)c3ccc(C)cc3)C2=O)cc1.